The maximum atomic E-state index is 12.9. The van der Waals surface area contributed by atoms with Gasteiger partial charge in [-0.2, -0.15) is 13.2 Å². The van der Waals surface area contributed by atoms with Crippen LogP contribution >= 0.6 is 11.6 Å². The summed E-state index contributed by atoms with van der Waals surface area (Å²) in [5.74, 6) is -1.21. The SMILES string of the molecule is C=CCNC(=O)[C@@H]1CC(=O)N(c2ccc(OCC(=O)Nc3ccc(Cl)c(C(F)(F)F)c3)cc2)C1. The second-order valence-electron chi connectivity index (χ2n) is 7.46. The van der Waals surface area contributed by atoms with E-state index in [2.05, 4.69) is 17.2 Å². The average Bonchev–Trinajstić information content (AvgIpc) is 3.18. The molecule has 0 bridgehead atoms. The van der Waals surface area contributed by atoms with E-state index >= 15 is 0 Å². The van der Waals surface area contributed by atoms with E-state index < -0.39 is 35.2 Å². The van der Waals surface area contributed by atoms with Crippen LogP contribution in [0.5, 0.6) is 5.75 Å². The fourth-order valence-corrected chi connectivity index (χ4v) is 3.56. The summed E-state index contributed by atoms with van der Waals surface area (Å²) >= 11 is 5.57. The molecule has 0 aliphatic carbocycles. The Labute approximate surface area is 198 Å². The molecule has 180 valence electrons. The van der Waals surface area contributed by atoms with Gasteiger partial charge in [-0.05, 0) is 42.5 Å². The van der Waals surface area contributed by atoms with Gasteiger partial charge in [-0.3, -0.25) is 14.4 Å². The topological polar surface area (TPSA) is 87.7 Å². The summed E-state index contributed by atoms with van der Waals surface area (Å²) < 4.78 is 44.2. The molecular formula is C23H21ClF3N3O4. The van der Waals surface area contributed by atoms with Crippen LogP contribution < -0.4 is 20.3 Å². The van der Waals surface area contributed by atoms with E-state index in [0.29, 0.717) is 18.0 Å². The molecule has 0 unspecified atom stereocenters. The predicted octanol–water partition coefficient (Wildman–Crippen LogP) is 4.03. The molecule has 11 heteroatoms. The van der Waals surface area contributed by atoms with Crippen LogP contribution in [0.1, 0.15) is 12.0 Å². The molecule has 0 radical (unpaired) electrons. The monoisotopic (exact) mass is 495 g/mol. The number of hydrogen-bond donors (Lipinski definition) is 2. The molecule has 3 rings (SSSR count). The van der Waals surface area contributed by atoms with Crippen molar-refractivity contribution >= 4 is 40.7 Å². The van der Waals surface area contributed by atoms with Crippen LogP contribution in [-0.4, -0.2) is 37.4 Å². The van der Waals surface area contributed by atoms with E-state index in [-0.39, 0.29) is 30.5 Å². The van der Waals surface area contributed by atoms with Crippen LogP contribution in [0.3, 0.4) is 0 Å². The molecule has 3 amide bonds. The number of carbonyl (C=O) groups excluding carboxylic acids is 3. The average molecular weight is 496 g/mol. The number of amides is 3. The minimum atomic E-state index is -4.65. The first-order chi connectivity index (χ1) is 16.1. The first-order valence-corrected chi connectivity index (χ1v) is 10.5. The highest BCUT2D eigenvalue weighted by atomic mass is 35.5. The normalized spacial score (nSPS) is 15.7. The third kappa shape index (κ3) is 6.28. The van der Waals surface area contributed by atoms with Crippen molar-refractivity contribution in [3.05, 3.63) is 65.7 Å². The molecule has 7 nitrogen and oxygen atoms in total. The zero-order valence-corrected chi connectivity index (χ0v) is 18.6. The highest BCUT2D eigenvalue weighted by Crippen LogP contribution is 2.36. The molecule has 0 saturated carbocycles. The minimum absolute atomic E-state index is 0.0695. The van der Waals surface area contributed by atoms with Gasteiger partial charge in [0.05, 0.1) is 16.5 Å². The van der Waals surface area contributed by atoms with Crippen molar-refractivity contribution in [2.24, 2.45) is 5.92 Å². The van der Waals surface area contributed by atoms with Crippen LogP contribution in [0.25, 0.3) is 0 Å². The summed E-state index contributed by atoms with van der Waals surface area (Å²) in [5.41, 5.74) is -0.554. The van der Waals surface area contributed by atoms with Gasteiger partial charge in [-0.25, -0.2) is 0 Å². The Morgan fingerprint density at radius 3 is 2.56 bits per heavy atom. The Kier molecular flexibility index (Phi) is 7.83. The quantitative estimate of drug-likeness (QED) is 0.541. The van der Waals surface area contributed by atoms with Crippen molar-refractivity contribution in [2.75, 3.05) is 29.9 Å². The third-order valence-electron chi connectivity index (χ3n) is 4.99. The number of anilines is 2. The molecule has 1 atom stereocenters. The highest BCUT2D eigenvalue weighted by Gasteiger charge is 2.35. The molecule has 0 aromatic heterocycles. The summed E-state index contributed by atoms with van der Waals surface area (Å²) in [6, 6.07) is 9.37. The van der Waals surface area contributed by atoms with Gasteiger partial charge in [-0.15, -0.1) is 6.58 Å². The van der Waals surface area contributed by atoms with Crippen LogP contribution in [0.4, 0.5) is 24.5 Å². The number of rotatable bonds is 8. The molecule has 2 aromatic rings. The van der Waals surface area contributed by atoms with Crippen molar-refractivity contribution in [1.29, 1.82) is 0 Å². The lowest BCUT2D eigenvalue weighted by Crippen LogP contribution is -2.32. The lowest BCUT2D eigenvalue weighted by molar-refractivity contribution is -0.137. The number of carbonyl (C=O) groups is 3. The van der Waals surface area contributed by atoms with Gasteiger partial charge in [0.25, 0.3) is 5.91 Å². The molecule has 2 aromatic carbocycles. The Balaban J connectivity index is 1.54. The van der Waals surface area contributed by atoms with Crippen molar-refractivity contribution < 1.29 is 32.3 Å². The zero-order valence-electron chi connectivity index (χ0n) is 17.8. The summed E-state index contributed by atoms with van der Waals surface area (Å²) in [5, 5.41) is 4.53. The van der Waals surface area contributed by atoms with Gasteiger partial charge in [0.2, 0.25) is 11.8 Å². The maximum Gasteiger partial charge on any atom is 0.417 e. The summed E-state index contributed by atoms with van der Waals surface area (Å²) in [6.45, 7) is 3.65. The second kappa shape index (κ2) is 10.6. The van der Waals surface area contributed by atoms with Crippen molar-refractivity contribution in [3.8, 4) is 5.75 Å². The Morgan fingerprint density at radius 2 is 1.91 bits per heavy atom. The first kappa shape index (κ1) is 25.1. The number of nitrogens with one attached hydrogen (secondary N) is 2. The van der Waals surface area contributed by atoms with Gasteiger partial charge in [0, 0.05) is 30.9 Å². The molecular weight excluding hydrogens is 475 g/mol. The van der Waals surface area contributed by atoms with Gasteiger partial charge >= 0.3 is 6.18 Å². The number of nitrogens with zero attached hydrogens (tertiary/aromatic N) is 1. The second-order valence-corrected chi connectivity index (χ2v) is 7.87. The van der Waals surface area contributed by atoms with E-state index in [0.717, 1.165) is 12.1 Å². The van der Waals surface area contributed by atoms with Crippen molar-refractivity contribution in [3.63, 3.8) is 0 Å². The van der Waals surface area contributed by atoms with Crippen LogP contribution in [0, 0.1) is 5.92 Å². The maximum absolute atomic E-state index is 12.9. The van der Waals surface area contributed by atoms with E-state index in [9.17, 15) is 27.6 Å². The summed E-state index contributed by atoms with van der Waals surface area (Å²) in [6.07, 6.45) is -3.00. The number of halogens is 4. The van der Waals surface area contributed by atoms with E-state index in [1.165, 1.54) is 11.0 Å². The molecule has 1 aliphatic heterocycles. The smallest absolute Gasteiger partial charge is 0.417 e. The molecule has 1 saturated heterocycles. The van der Waals surface area contributed by atoms with E-state index in [1.807, 2.05) is 0 Å². The van der Waals surface area contributed by atoms with Crippen molar-refractivity contribution in [2.45, 2.75) is 12.6 Å². The Bertz CT molecular complexity index is 1090. The Hall–Kier alpha value is -3.53. The highest BCUT2D eigenvalue weighted by molar-refractivity contribution is 6.31. The molecule has 34 heavy (non-hydrogen) atoms. The molecule has 1 heterocycles. The predicted molar refractivity (Wildman–Crippen MR) is 121 cm³/mol. The van der Waals surface area contributed by atoms with Gasteiger partial charge < -0.3 is 20.3 Å². The van der Waals surface area contributed by atoms with Crippen molar-refractivity contribution in [1.82, 2.24) is 5.32 Å². The number of ether oxygens (including phenoxy) is 1. The van der Waals surface area contributed by atoms with Gasteiger partial charge in [-0.1, -0.05) is 17.7 Å². The molecule has 1 aliphatic rings. The molecule has 1 fully saturated rings. The van der Waals surface area contributed by atoms with Gasteiger partial charge in [0.15, 0.2) is 6.61 Å². The van der Waals surface area contributed by atoms with Gasteiger partial charge in [0.1, 0.15) is 5.75 Å². The minimum Gasteiger partial charge on any atom is -0.484 e. The Morgan fingerprint density at radius 1 is 1.21 bits per heavy atom. The number of benzene rings is 2. The summed E-state index contributed by atoms with van der Waals surface area (Å²) in [4.78, 5) is 38.0. The lowest BCUT2D eigenvalue weighted by atomic mass is 10.1. The standard InChI is InChI=1S/C23H21ClF3N3O4/c1-2-9-28-22(33)14-10-21(32)30(12-14)16-4-6-17(7-5-16)34-13-20(31)29-15-3-8-19(24)18(11-15)23(25,26)27/h2-8,11,14H,1,9-10,12-13H2,(H,28,33)(H,29,31)/t14-/m1/s1. The van der Waals surface area contributed by atoms with Crippen LogP contribution in [-0.2, 0) is 20.6 Å². The zero-order chi connectivity index (χ0) is 24.9. The largest absolute Gasteiger partial charge is 0.484 e. The lowest BCUT2D eigenvalue weighted by Gasteiger charge is -2.17. The fraction of sp³-hybridized carbons (Fsp3) is 0.261. The molecule has 2 N–H and O–H groups in total. The first-order valence-electron chi connectivity index (χ1n) is 10.2. The third-order valence-corrected chi connectivity index (χ3v) is 5.32. The van der Waals surface area contributed by atoms with E-state index in [4.69, 9.17) is 16.3 Å². The van der Waals surface area contributed by atoms with Crippen LogP contribution in [0.15, 0.2) is 55.1 Å². The van der Waals surface area contributed by atoms with Crippen LogP contribution in [0.2, 0.25) is 5.02 Å². The van der Waals surface area contributed by atoms with E-state index in [1.54, 1.807) is 30.3 Å². The molecule has 0 spiro atoms. The number of alkyl halides is 3. The summed E-state index contributed by atoms with van der Waals surface area (Å²) in [7, 11) is 0. The number of hydrogen-bond acceptors (Lipinski definition) is 4. The fourth-order valence-electron chi connectivity index (χ4n) is 3.34.